The summed E-state index contributed by atoms with van der Waals surface area (Å²) in [6.45, 7) is 1.74. The van der Waals surface area contributed by atoms with Crippen molar-refractivity contribution in [3.8, 4) is 17.1 Å². The molecule has 0 atom stereocenters. The maximum absolute atomic E-state index is 14.2. The summed E-state index contributed by atoms with van der Waals surface area (Å²) in [4.78, 5) is 3.78. The van der Waals surface area contributed by atoms with Crippen molar-refractivity contribution < 1.29 is 21.6 Å². The van der Waals surface area contributed by atoms with Crippen LogP contribution in [0, 0.1) is 12.7 Å². The average Bonchev–Trinajstić information content (AvgIpc) is 2.99. The predicted octanol–water partition coefficient (Wildman–Crippen LogP) is 3.72. The summed E-state index contributed by atoms with van der Waals surface area (Å²) >= 11 is 0. The smallest absolute Gasteiger partial charge is 0.234 e. The number of benzene rings is 1. The zero-order valence-electron chi connectivity index (χ0n) is 13.8. The number of pyridine rings is 1. The second-order valence-electron chi connectivity index (χ2n) is 5.72. The Morgan fingerprint density at radius 2 is 1.85 bits per heavy atom. The summed E-state index contributed by atoms with van der Waals surface area (Å²) in [6.07, 6.45) is -1.93. The van der Waals surface area contributed by atoms with E-state index in [4.69, 9.17) is 0 Å². The molecular weight excluding hydrogens is 367 g/mol. The Morgan fingerprint density at radius 1 is 1.12 bits per heavy atom. The molecule has 136 valence electrons. The van der Waals surface area contributed by atoms with Gasteiger partial charge in [-0.25, -0.2) is 31.3 Å². The van der Waals surface area contributed by atoms with Gasteiger partial charge in [0.25, 0.3) is 6.43 Å². The van der Waals surface area contributed by atoms with Crippen molar-refractivity contribution in [2.45, 2.75) is 18.2 Å². The van der Waals surface area contributed by atoms with Crippen molar-refractivity contribution in [3.05, 3.63) is 59.7 Å². The number of halogens is 3. The molecule has 0 bridgehead atoms. The van der Waals surface area contributed by atoms with Crippen molar-refractivity contribution >= 4 is 9.84 Å². The second kappa shape index (κ2) is 6.56. The van der Waals surface area contributed by atoms with E-state index in [2.05, 4.69) is 10.1 Å². The van der Waals surface area contributed by atoms with Crippen molar-refractivity contribution in [2.24, 2.45) is 0 Å². The van der Waals surface area contributed by atoms with Crippen LogP contribution in [0.3, 0.4) is 0 Å². The number of sulfone groups is 1. The number of hydrogen-bond acceptors (Lipinski definition) is 4. The number of nitrogens with zero attached hydrogens (tertiary/aromatic N) is 3. The lowest BCUT2D eigenvalue weighted by molar-refractivity contribution is 0.145. The number of hydrogen-bond donors (Lipinski definition) is 0. The average molecular weight is 381 g/mol. The molecule has 0 spiro atoms. The quantitative estimate of drug-likeness (QED) is 0.691. The second-order valence-corrected chi connectivity index (χ2v) is 7.71. The van der Waals surface area contributed by atoms with E-state index in [1.54, 1.807) is 25.1 Å². The summed E-state index contributed by atoms with van der Waals surface area (Å²) < 4.78 is 64.8. The van der Waals surface area contributed by atoms with Gasteiger partial charge in [0.05, 0.1) is 5.69 Å². The van der Waals surface area contributed by atoms with Crippen LogP contribution in [-0.4, -0.2) is 29.4 Å². The van der Waals surface area contributed by atoms with Crippen LogP contribution in [0.1, 0.15) is 17.8 Å². The van der Waals surface area contributed by atoms with Crippen molar-refractivity contribution in [2.75, 3.05) is 6.26 Å². The predicted molar refractivity (Wildman–Crippen MR) is 89.6 cm³/mol. The molecule has 0 saturated carbocycles. The molecule has 0 N–H and O–H groups in total. The van der Waals surface area contributed by atoms with E-state index in [-0.39, 0.29) is 11.3 Å². The first-order chi connectivity index (χ1) is 12.2. The number of alkyl halides is 2. The fourth-order valence-corrected chi connectivity index (χ4v) is 3.22. The van der Waals surface area contributed by atoms with Gasteiger partial charge in [0.2, 0.25) is 0 Å². The van der Waals surface area contributed by atoms with Crippen LogP contribution in [0.4, 0.5) is 13.2 Å². The van der Waals surface area contributed by atoms with Gasteiger partial charge in [0.15, 0.2) is 15.7 Å². The lowest BCUT2D eigenvalue weighted by atomic mass is 10.1. The molecule has 2 aromatic heterocycles. The highest BCUT2D eigenvalue weighted by atomic mass is 32.2. The van der Waals surface area contributed by atoms with Crippen LogP contribution < -0.4 is 0 Å². The van der Waals surface area contributed by atoms with E-state index in [1.165, 1.54) is 10.7 Å². The zero-order chi connectivity index (χ0) is 19.1. The molecule has 0 aliphatic rings. The first-order valence-electron chi connectivity index (χ1n) is 7.49. The number of aryl methyl sites for hydroxylation is 1. The Balaban J connectivity index is 2.20. The summed E-state index contributed by atoms with van der Waals surface area (Å²) in [6, 6.07) is 9.57. The van der Waals surface area contributed by atoms with Gasteiger partial charge in [-0.2, -0.15) is 5.10 Å². The molecule has 26 heavy (non-hydrogen) atoms. The van der Waals surface area contributed by atoms with Crippen LogP contribution in [-0.2, 0) is 9.84 Å². The lowest BCUT2D eigenvalue weighted by Crippen LogP contribution is -2.04. The normalized spacial score (nSPS) is 11.9. The molecule has 0 amide bonds. The first-order valence-corrected chi connectivity index (χ1v) is 9.38. The molecule has 0 aliphatic heterocycles. The number of aromatic nitrogens is 3. The molecule has 1 aromatic carbocycles. The lowest BCUT2D eigenvalue weighted by Gasteiger charge is -2.09. The molecule has 0 fully saturated rings. The molecule has 2 heterocycles. The van der Waals surface area contributed by atoms with Gasteiger partial charge in [-0.3, -0.25) is 0 Å². The highest BCUT2D eigenvalue weighted by molar-refractivity contribution is 7.90. The highest BCUT2D eigenvalue weighted by Crippen LogP contribution is 2.29. The van der Waals surface area contributed by atoms with Crippen molar-refractivity contribution in [1.29, 1.82) is 0 Å². The standard InChI is InChI=1S/C17H14F3N3O2S/c1-10-4-3-5-16(21-10)23-14(9-13(22-23)17(19)20)11-6-7-15(12(18)8-11)26(2,24)25/h3-9,17H,1-2H3. The van der Waals surface area contributed by atoms with E-state index in [9.17, 15) is 21.6 Å². The van der Waals surface area contributed by atoms with E-state index in [0.29, 0.717) is 11.5 Å². The third kappa shape index (κ3) is 3.48. The minimum absolute atomic E-state index is 0.178. The largest absolute Gasteiger partial charge is 0.282 e. The Kier molecular flexibility index (Phi) is 4.57. The SMILES string of the molecule is Cc1cccc(-n2nc(C(F)F)cc2-c2ccc(S(C)(=O)=O)c(F)c2)n1. The van der Waals surface area contributed by atoms with Gasteiger partial charge in [-0.15, -0.1) is 0 Å². The maximum atomic E-state index is 14.2. The Hall–Kier alpha value is -2.68. The molecule has 3 aromatic rings. The van der Waals surface area contributed by atoms with Crippen LogP contribution in [0.25, 0.3) is 17.1 Å². The molecule has 9 heteroatoms. The Morgan fingerprint density at radius 3 is 2.42 bits per heavy atom. The molecule has 0 saturated heterocycles. The minimum atomic E-state index is -3.74. The summed E-state index contributed by atoms with van der Waals surface area (Å²) in [7, 11) is -3.74. The molecule has 0 unspecified atom stereocenters. The van der Waals surface area contributed by atoms with Gasteiger partial charge >= 0.3 is 0 Å². The van der Waals surface area contributed by atoms with Crippen LogP contribution in [0.5, 0.6) is 0 Å². The summed E-state index contributed by atoms with van der Waals surface area (Å²) in [5, 5.41) is 3.86. The fourth-order valence-electron chi connectivity index (χ4n) is 2.49. The molecular formula is C17H14F3N3O2S. The minimum Gasteiger partial charge on any atom is -0.234 e. The maximum Gasteiger partial charge on any atom is 0.282 e. The van der Waals surface area contributed by atoms with E-state index in [1.807, 2.05) is 0 Å². The van der Waals surface area contributed by atoms with Gasteiger partial charge in [-0.1, -0.05) is 12.1 Å². The third-order valence-electron chi connectivity index (χ3n) is 3.67. The molecule has 5 nitrogen and oxygen atoms in total. The van der Waals surface area contributed by atoms with Crippen molar-refractivity contribution in [1.82, 2.24) is 14.8 Å². The zero-order valence-corrected chi connectivity index (χ0v) is 14.6. The van der Waals surface area contributed by atoms with E-state index < -0.39 is 32.7 Å². The van der Waals surface area contributed by atoms with Crippen LogP contribution in [0.2, 0.25) is 0 Å². The monoisotopic (exact) mass is 381 g/mol. The summed E-state index contributed by atoms with van der Waals surface area (Å²) in [5.41, 5.74) is 0.548. The van der Waals surface area contributed by atoms with Crippen LogP contribution in [0.15, 0.2) is 47.4 Å². The van der Waals surface area contributed by atoms with E-state index >= 15 is 0 Å². The fraction of sp³-hybridized carbons (Fsp3) is 0.176. The summed E-state index contributed by atoms with van der Waals surface area (Å²) in [5.74, 6) is -0.673. The van der Waals surface area contributed by atoms with Gasteiger partial charge < -0.3 is 0 Å². The number of rotatable bonds is 4. The third-order valence-corrected chi connectivity index (χ3v) is 4.80. The topological polar surface area (TPSA) is 64.8 Å². The van der Waals surface area contributed by atoms with Gasteiger partial charge in [0.1, 0.15) is 16.4 Å². The van der Waals surface area contributed by atoms with Crippen LogP contribution >= 0.6 is 0 Å². The first kappa shape index (κ1) is 18.1. The molecule has 3 rings (SSSR count). The molecule has 0 aliphatic carbocycles. The Bertz CT molecular complexity index is 1080. The van der Waals surface area contributed by atoms with E-state index in [0.717, 1.165) is 24.5 Å². The van der Waals surface area contributed by atoms with Gasteiger partial charge in [-0.05, 0) is 37.3 Å². The van der Waals surface area contributed by atoms with Crippen molar-refractivity contribution in [3.63, 3.8) is 0 Å². The van der Waals surface area contributed by atoms with Gasteiger partial charge in [0, 0.05) is 17.5 Å². The molecule has 0 radical (unpaired) electrons. The Labute approximate surface area is 148 Å². The highest BCUT2D eigenvalue weighted by Gasteiger charge is 2.20.